The van der Waals surface area contributed by atoms with Gasteiger partial charge in [-0.1, -0.05) is 0 Å². The van der Waals surface area contributed by atoms with Crippen LogP contribution in [-0.4, -0.2) is 55.0 Å². The number of carbonyl (C=O) groups excluding carboxylic acids is 1. The van der Waals surface area contributed by atoms with Gasteiger partial charge in [0.2, 0.25) is 5.91 Å². The Bertz CT molecular complexity index is 694. The molecule has 0 spiro atoms. The first-order chi connectivity index (χ1) is 11.0. The Balaban J connectivity index is 1.67. The van der Waals surface area contributed by atoms with E-state index in [-0.39, 0.29) is 11.9 Å². The average Bonchev–Trinajstić information content (AvgIpc) is 3.05. The molecular weight excluding hydrogens is 312 g/mol. The van der Waals surface area contributed by atoms with Gasteiger partial charge in [0, 0.05) is 56.0 Å². The summed E-state index contributed by atoms with van der Waals surface area (Å²) in [6.45, 7) is 3.20. The van der Waals surface area contributed by atoms with Gasteiger partial charge >= 0.3 is 0 Å². The molecule has 1 amide bonds. The molecule has 1 atom stereocenters. The van der Waals surface area contributed by atoms with Crippen molar-refractivity contribution < 1.29 is 4.79 Å². The van der Waals surface area contributed by atoms with E-state index in [4.69, 9.17) is 0 Å². The highest BCUT2D eigenvalue weighted by atomic mass is 32.2. The molecule has 1 aliphatic rings. The molecule has 1 aliphatic heterocycles. The summed E-state index contributed by atoms with van der Waals surface area (Å²) >= 11 is 1.92. The van der Waals surface area contributed by atoms with Crippen molar-refractivity contribution in [3.8, 4) is 0 Å². The van der Waals surface area contributed by atoms with Gasteiger partial charge in [-0.05, 0) is 6.92 Å². The fourth-order valence-electron chi connectivity index (χ4n) is 2.84. The normalized spacial score (nSPS) is 19.0. The summed E-state index contributed by atoms with van der Waals surface area (Å²) in [7, 11) is 3.75. The number of amides is 1. The lowest BCUT2D eigenvalue weighted by atomic mass is 10.1. The minimum Gasteiger partial charge on any atom is -0.310 e. The molecule has 1 fully saturated rings. The molecule has 1 unspecified atom stereocenters. The Kier molecular flexibility index (Phi) is 4.72. The molecule has 0 aromatic carbocycles. The Morgan fingerprint density at radius 2 is 2.30 bits per heavy atom. The average molecular weight is 334 g/mol. The third kappa shape index (κ3) is 3.76. The molecule has 8 heteroatoms. The topological polar surface area (TPSA) is 68.0 Å². The zero-order valence-electron chi connectivity index (χ0n) is 13.7. The van der Waals surface area contributed by atoms with Crippen molar-refractivity contribution in [3.63, 3.8) is 0 Å². The van der Waals surface area contributed by atoms with Crippen molar-refractivity contribution in [2.45, 2.75) is 13.0 Å². The molecule has 3 rings (SSSR count). The van der Waals surface area contributed by atoms with Crippen molar-refractivity contribution in [2.75, 3.05) is 29.9 Å². The molecule has 0 bridgehead atoms. The fraction of sp³-hybridized carbons (Fsp3) is 0.533. The number of anilines is 1. The van der Waals surface area contributed by atoms with Crippen molar-refractivity contribution in [3.05, 3.63) is 29.7 Å². The molecular formula is C15H22N6OS. The number of aryl methyl sites for hydroxylation is 3. The molecule has 1 N–H and O–H groups in total. The van der Waals surface area contributed by atoms with E-state index in [0.29, 0.717) is 6.54 Å². The number of rotatable bonds is 4. The Hall–Kier alpha value is -1.80. The maximum absolute atomic E-state index is 12.4. The van der Waals surface area contributed by atoms with Crippen LogP contribution in [0.25, 0.3) is 0 Å². The second kappa shape index (κ2) is 6.76. The van der Waals surface area contributed by atoms with Gasteiger partial charge in [0.15, 0.2) is 0 Å². The Morgan fingerprint density at radius 3 is 2.96 bits per heavy atom. The number of aromatic nitrogens is 4. The molecule has 23 heavy (non-hydrogen) atoms. The second-order valence-electron chi connectivity index (χ2n) is 5.85. The van der Waals surface area contributed by atoms with Crippen LogP contribution in [0, 0.1) is 6.92 Å². The number of nitrogens with one attached hydrogen (secondary N) is 1. The van der Waals surface area contributed by atoms with Gasteiger partial charge in [-0.2, -0.15) is 22.0 Å². The number of carbonyl (C=O) groups is 1. The van der Waals surface area contributed by atoms with Gasteiger partial charge in [0.25, 0.3) is 0 Å². The first-order valence-corrected chi connectivity index (χ1v) is 8.79. The van der Waals surface area contributed by atoms with Gasteiger partial charge in [0.05, 0.1) is 18.4 Å². The van der Waals surface area contributed by atoms with Crippen LogP contribution in [0.2, 0.25) is 0 Å². The van der Waals surface area contributed by atoms with E-state index in [2.05, 4.69) is 20.4 Å². The van der Waals surface area contributed by atoms with Gasteiger partial charge in [-0.15, -0.1) is 0 Å². The van der Waals surface area contributed by atoms with Crippen LogP contribution in [0.15, 0.2) is 18.5 Å². The molecule has 2 aromatic heterocycles. The van der Waals surface area contributed by atoms with E-state index in [1.807, 2.05) is 55.9 Å². The Labute approximate surface area is 140 Å². The summed E-state index contributed by atoms with van der Waals surface area (Å²) in [5.74, 6) is 2.77. The highest BCUT2D eigenvalue weighted by molar-refractivity contribution is 7.99. The van der Waals surface area contributed by atoms with Gasteiger partial charge in [-0.25, -0.2) is 0 Å². The summed E-state index contributed by atoms with van der Waals surface area (Å²) in [4.78, 5) is 14.6. The first kappa shape index (κ1) is 16.1. The van der Waals surface area contributed by atoms with Crippen molar-refractivity contribution >= 4 is 23.5 Å². The van der Waals surface area contributed by atoms with E-state index in [9.17, 15) is 4.79 Å². The lowest BCUT2D eigenvalue weighted by Gasteiger charge is -2.34. The Morgan fingerprint density at radius 1 is 1.48 bits per heavy atom. The lowest BCUT2D eigenvalue weighted by Crippen LogP contribution is -2.41. The third-order valence-corrected chi connectivity index (χ3v) is 4.99. The van der Waals surface area contributed by atoms with E-state index in [1.165, 1.54) is 5.56 Å². The SMILES string of the molecule is Cc1cc(NC(=O)CN2CCSCC2c2cnn(C)c2)n(C)n1. The monoisotopic (exact) mass is 334 g/mol. The van der Waals surface area contributed by atoms with Crippen LogP contribution in [0.5, 0.6) is 0 Å². The summed E-state index contributed by atoms with van der Waals surface area (Å²) in [6, 6.07) is 2.12. The van der Waals surface area contributed by atoms with Crippen LogP contribution in [0.4, 0.5) is 5.82 Å². The van der Waals surface area contributed by atoms with Crippen LogP contribution in [0.3, 0.4) is 0 Å². The summed E-state index contributed by atoms with van der Waals surface area (Å²) in [5, 5.41) is 11.5. The summed E-state index contributed by atoms with van der Waals surface area (Å²) in [6.07, 6.45) is 3.93. The maximum Gasteiger partial charge on any atom is 0.239 e. The number of hydrogen-bond acceptors (Lipinski definition) is 5. The summed E-state index contributed by atoms with van der Waals surface area (Å²) < 4.78 is 3.50. The molecule has 124 valence electrons. The minimum atomic E-state index is -0.00575. The van der Waals surface area contributed by atoms with Crippen LogP contribution >= 0.6 is 11.8 Å². The largest absolute Gasteiger partial charge is 0.310 e. The molecule has 2 aromatic rings. The second-order valence-corrected chi connectivity index (χ2v) is 7.00. The predicted octanol–water partition coefficient (Wildman–Crippen LogP) is 1.19. The zero-order chi connectivity index (χ0) is 16.4. The van der Waals surface area contributed by atoms with Crippen LogP contribution in [-0.2, 0) is 18.9 Å². The zero-order valence-corrected chi connectivity index (χ0v) is 14.5. The lowest BCUT2D eigenvalue weighted by molar-refractivity contribution is -0.117. The van der Waals surface area contributed by atoms with Crippen molar-refractivity contribution in [2.24, 2.45) is 14.1 Å². The van der Waals surface area contributed by atoms with E-state index in [1.54, 1.807) is 4.68 Å². The molecule has 1 saturated heterocycles. The number of nitrogens with zero attached hydrogens (tertiary/aromatic N) is 5. The smallest absolute Gasteiger partial charge is 0.239 e. The predicted molar refractivity (Wildman–Crippen MR) is 91.4 cm³/mol. The van der Waals surface area contributed by atoms with Crippen LogP contribution < -0.4 is 5.32 Å². The van der Waals surface area contributed by atoms with Crippen LogP contribution in [0.1, 0.15) is 17.3 Å². The number of hydrogen-bond donors (Lipinski definition) is 1. The minimum absolute atomic E-state index is 0.00575. The molecule has 3 heterocycles. The first-order valence-electron chi connectivity index (χ1n) is 7.64. The fourth-order valence-corrected chi connectivity index (χ4v) is 4.00. The number of thioether (sulfide) groups is 1. The maximum atomic E-state index is 12.4. The van der Waals surface area contributed by atoms with E-state index >= 15 is 0 Å². The summed E-state index contributed by atoms with van der Waals surface area (Å²) in [5.41, 5.74) is 2.06. The van der Waals surface area contributed by atoms with Gasteiger partial charge in [-0.3, -0.25) is 19.1 Å². The molecule has 0 aliphatic carbocycles. The third-order valence-electron chi connectivity index (χ3n) is 3.97. The highest BCUT2D eigenvalue weighted by Gasteiger charge is 2.27. The standard InChI is InChI=1S/C15H22N6OS/c1-11-6-14(20(3)18-11)17-15(22)9-21-4-5-23-10-13(21)12-7-16-19(2)8-12/h6-8,13H,4-5,9-10H2,1-3H3,(H,17,22). The van der Waals surface area contributed by atoms with Gasteiger partial charge in [0.1, 0.15) is 5.82 Å². The van der Waals surface area contributed by atoms with E-state index in [0.717, 1.165) is 29.6 Å². The molecule has 0 saturated carbocycles. The quantitative estimate of drug-likeness (QED) is 0.910. The molecule has 7 nitrogen and oxygen atoms in total. The van der Waals surface area contributed by atoms with E-state index < -0.39 is 0 Å². The van der Waals surface area contributed by atoms with Crippen molar-refractivity contribution in [1.82, 2.24) is 24.5 Å². The highest BCUT2D eigenvalue weighted by Crippen LogP contribution is 2.29. The van der Waals surface area contributed by atoms with Crippen molar-refractivity contribution in [1.29, 1.82) is 0 Å². The van der Waals surface area contributed by atoms with Gasteiger partial charge < -0.3 is 5.32 Å². The molecule has 0 radical (unpaired) electrons.